The van der Waals surface area contributed by atoms with Gasteiger partial charge < -0.3 is 15.8 Å². The Balaban J connectivity index is 2.02. The average Bonchev–Trinajstić information content (AvgIpc) is 2.43. The number of benzene rings is 1. The van der Waals surface area contributed by atoms with Crippen molar-refractivity contribution in [3.05, 3.63) is 35.1 Å². The third kappa shape index (κ3) is 2.61. The van der Waals surface area contributed by atoms with Crippen LogP contribution in [0.3, 0.4) is 0 Å². The van der Waals surface area contributed by atoms with E-state index in [-0.39, 0.29) is 29.2 Å². The van der Waals surface area contributed by atoms with Crippen LogP contribution in [0.25, 0.3) is 0 Å². The van der Waals surface area contributed by atoms with Crippen LogP contribution in [0.2, 0.25) is 0 Å². The van der Waals surface area contributed by atoms with Crippen LogP contribution in [-0.4, -0.2) is 29.1 Å². The molecular weight excluding hydrogens is 261 g/mol. The minimum Gasteiger partial charge on any atom is -0.409 e. The smallest absolute Gasteiger partial charge is 0.194 e. The van der Waals surface area contributed by atoms with Gasteiger partial charge in [0.05, 0.1) is 6.04 Å². The summed E-state index contributed by atoms with van der Waals surface area (Å²) in [5, 5.41) is 32.8. The molecule has 1 aromatic carbocycles. The fourth-order valence-corrected chi connectivity index (χ4v) is 2.11. The predicted octanol–water partition coefficient (Wildman–Crippen LogP) is 1.41. The standard InChI is InChI=1S/C13H16FN5O/c1-2-17-13(19-20)11(15)12(16)18-10-5-7-3-4-8(14)6-9(7)10/h3-4,6,10,15,20H,2,5H2,1H3,(H2,16,18)(H,17,19). The molecule has 7 heteroatoms. The molecule has 0 aromatic heterocycles. The molecule has 1 aliphatic carbocycles. The fraction of sp³-hybridized carbons (Fsp3) is 0.308. The Labute approximate surface area is 115 Å². The van der Waals surface area contributed by atoms with E-state index in [1.54, 1.807) is 13.0 Å². The lowest BCUT2D eigenvalue weighted by atomic mass is 9.83. The van der Waals surface area contributed by atoms with Gasteiger partial charge in [-0.2, -0.15) is 0 Å². The first-order valence-electron chi connectivity index (χ1n) is 6.25. The SMILES string of the molecule is CCN/C(=N/O)C(=N)C(=N)NC1Cc2ccc(F)cc21. The molecule has 106 valence electrons. The van der Waals surface area contributed by atoms with Gasteiger partial charge in [-0.1, -0.05) is 11.2 Å². The van der Waals surface area contributed by atoms with Crippen molar-refractivity contribution in [2.45, 2.75) is 19.4 Å². The van der Waals surface area contributed by atoms with Crippen molar-refractivity contribution in [2.24, 2.45) is 5.16 Å². The molecule has 2 rings (SSSR count). The number of fused-ring (bicyclic) bond motifs is 1. The van der Waals surface area contributed by atoms with E-state index in [0.717, 1.165) is 11.1 Å². The summed E-state index contributed by atoms with van der Waals surface area (Å²) in [6, 6.07) is 4.37. The van der Waals surface area contributed by atoms with E-state index in [2.05, 4.69) is 15.8 Å². The zero-order valence-corrected chi connectivity index (χ0v) is 11.0. The van der Waals surface area contributed by atoms with Crippen LogP contribution in [0, 0.1) is 16.6 Å². The molecule has 0 amide bonds. The zero-order valence-electron chi connectivity index (χ0n) is 11.0. The predicted molar refractivity (Wildman–Crippen MR) is 74.3 cm³/mol. The quantitative estimate of drug-likeness (QED) is 0.249. The van der Waals surface area contributed by atoms with Gasteiger partial charge in [0, 0.05) is 6.54 Å². The fourth-order valence-electron chi connectivity index (χ4n) is 2.11. The summed E-state index contributed by atoms with van der Waals surface area (Å²) in [6.45, 7) is 2.27. The van der Waals surface area contributed by atoms with Crippen LogP contribution in [0.15, 0.2) is 23.4 Å². The first-order chi connectivity index (χ1) is 9.56. The van der Waals surface area contributed by atoms with Crippen molar-refractivity contribution in [2.75, 3.05) is 6.54 Å². The van der Waals surface area contributed by atoms with Crippen LogP contribution < -0.4 is 10.6 Å². The van der Waals surface area contributed by atoms with E-state index >= 15 is 0 Å². The molecule has 1 aromatic rings. The second-order valence-electron chi connectivity index (χ2n) is 4.47. The van der Waals surface area contributed by atoms with Gasteiger partial charge in [0.1, 0.15) is 17.4 Å². The maximum atomic E-state index is 13.1. The highest BCUT2D eigenvalue weighted by atomic mass is 19.1. The average molecular weight is 277 g/mol. The summed E-state index contributed by atoms with van der Waals surface area (Å²) >= 11 is 0. The van der Waals surface area contributed by atoms with Gasteiger partial charge in [-0.15, -0.1) is 0 Å². The highest BCUT2D eigenvalue weighted by Gasteiger charge is 2.28. The van der Waals surface area contributed by atoms with Crippen molar-refractivity contribution in [3.8, 4) is 0 Å². The Bertz CT molecular complexity index is 584. The molecular formula is C13H16FN5O. The van der Waals surface area contributed by atoms with Gasteiger partial charge in [0.2, 0.25) is 0 Å². The highest BCUT2D eigenvalue weighted by molar-refractivity contribution is 6.66. The number of oxime groups is 1. The summed E-state index contributed by atoms with van der Waals surface area (Å²) in [5.74, 6) is -0.551. The summed E-state index contributed by atoms with van der Waals surface area (Å²) in [6.07, 6.45) is 0.679. The highest BCUT2D eigenvalue weighted by Crippen LogP contribution is 2.33. The molecule has 1 aliphatic rings. The van der Waals surface area contributed by atoms with Crippen molar-refractivity contribution >= 4 is 17.4 Å². The van der Waals surface area contributed by atoms with E-state index < -0.39 is 0 Å². The molecule has 5 N–H and O–H groups in total. The minimum absolute atomic E-state index is 0.0659. The first kappa shape index (κ1) is 14.0. The van der Waals surface area contributed by atoms with Crippen molar-refractivity contribution in [1.82, 2.24) is 10.6 Å². The van der Waals surface area contributed by atoms with Crippen LogP contribution in [0.4, 0.5) is 4.39 Å². The monoisotopic (exact) mass is 277 g/mol. The molecule has 0 saturated heterocycles. The Kier molecular flexibility index (Phi) is 3.97. The second-order valence-corrected chi connectivity index (χ2v) is 4.47. The molecule has 1 unspecified atom stereocenters. The Hall–Kier alpha value is -2.44. The van der Waals surface area contributed by atoms with Crippen LogP contribution in [0.1, 0.15) is 24.1 Å². The van der Waals surface area contributed by atoms with Crippen LogP contribution in [-0.2, 0) is 6.42 Å². The van der Waals surface area contributed by atoms with Crippen molar-refractivity contribution in [1.29, 1.82) is 10.8 Å². The maximum absolute atomic E-state index is 13.1. The second kappa shape index (κ2) is 5.68. The molecule has 0 radical (unpaired) electrons. The Morgan fingerprint density at radius 3 is 2.90 bits per heavy atom. The molecule has 0 heterocycles. The van der Waals surface area contributed by atoms with E-state index in [0.29, 0.717) is 13.0 Å². The van der Waals surface area contributed by atoms with Gasteiger partial charge >= 0.3 is 0 Å². The Morgan fingerprint density at radius 2 is 2.25 bits per heavy atom. The molecule has 0 bridgehead atoms. The summed E-state index contributed by atoms with van der Waals surface area (Å²) in [4.78, 5) is 0. The molecule has 0 fully saturated rings. The Morgan fingerprint density at radius 1 is 1.50 bits per heavy atom. The molecule has 6 nitrogen and oxygen atoms in total. The van der Waals surface area contributed by atoms with Gasteiger partial charge in [0.15, 0.2) is 5.84 Å². The van der Waals surface area contributed by atoms with Crippen LogP contribution in [0.5, 0.6) is 0 Å². The van der Waals surface area contributed by atoms with Gasteiger partial charge in [0.25, 0.3) is 0 Å². The summed E-state index contributed by atoms with van der Waals surface area (Å²) in [5.41, 5.74) is 1.60. The summed E-state index contributed by atoms with van der Waals surface area (Å²) in [7, 11) is 0. The van der Waals surface area contributed by atoms with Crippen molar-refractivity contribution < 1.29 is 9.60 Å². The molecule has 0 saturated carbocycles. The normalized spacial score (nSPS) is 16.9. The lowest BCUT2D eigenvalue weighted by Gasteiger charge is -2.31. The zero-order chi connectivity index (χ0) is 14.7. The van der Waals surface area contributed by atoms with E-state index in [1.807, 2.05) is 0 Å². The van der Waals surface area contributed by atoms with Gasteiger partial charge in [-0.25, -0.2) is 4.39 Å². The third-order valence-corrected chi connectivity index (χ3v) is 3.16. The topological polar surface area (TPSA) is 104 Å². The van der Waals surface area contributed by atoms with E-state index in [4.69, 9.17) is 16.0 Å². The lowest BCUT2D eigenvalue weighted by molar-refractivity contribution is 0.318. The van der Waals surface area contributed by atoms with Crippen LogP contribution >= 0.6 is 0 Å². The lowest BCUT2D eigenvalue weighted by Crippen LogP contribution is -2.44. The number of rotatable bonds is 4. The number of nitrogens with zero attached hydrogens (tertiary/aromatic N) is 1. The minimum atomic E-state index is -0.317. The van der Waals surface area contributed by atoms with Crippen molar-refractivity contribution in [3.63, 3.8) is 0 Å². The van der Waals surface area contributed by atoms with E-state index in [1.165, 1.54) is 12.1 Å². The first-order valence-corrected chi connectivity index (χ1v) is 6.25. The molecule has 20 heavy (non-hydrogen) atoms. The number of halogens is 1. The molecule has 0 aliphatic heterocycles. The third-order valence-electron chi connectivity index (χ3n) is 3.16. The number of nitrogens with one attached hydrogen (secondary N) is 4. The number of hydrogen-bond acceptors (Lipinski definition) is 4. The molecule has 0 spiro atoms. The van der Waals surface area contributed by atoms with E-state index in [9.17, 15) is 4.39 Å². The van der Waals surface area contributed by atoms with Gasteiger partial charge in [-0.3, -0.25) is 10.8 Å². The van der Waals surface area contributed by atoms with Gasteiger partial charge in [-0.05, 0) is 36.6 Å². The largest absolute Gasteiger partial charge is 0.409 e. The maximum Gasteiger partial charge on any atom is 0.194 e. The number of amidine groups is 2. The number of hydrogen-bond donors (Lipinski definition) is 5. The summed E-state index contributed by atoms with van der Waals surface area (Å²) < 4.78 is 13.1. The molecule has 1 atom stereocenters.